The van der Waals surface area contributed by atoms with E-state index in [-0.39, 0.29) is 11.8 Å². The SMILES string of the molecule is COC(=O)C1(Cc2cccc(F)c2)CCC1. The second kappa shape index (κ2) is 4.24. The lowest BCUT2D eigenvalue weighted by Gasteiger charge is -2.39. The standard InChI is InChI=1S/C13H15FO2/c1-16-12(15)13(6-3-7-13)9-10-4-2-5-11(14)8-10/h2,4-5,8H,3,6-7,9H2,1H3. The minimum absolute atomic E-state index is 0.164. The van der Waals surface area contributed by atoms with Crippen LogP contribution < -0.4 is 0 Å². The Labute approximate surface area is 94.4 Å². The van der Waals surface area contributed by atoms with Crippen molar-refractivity contribution in [2.45, 2.75) is 25.7 Å². The molecule has 1 aromatic rings. The van der Waals surface area contributed by atoms with Gasteiger partial charge in [0.15, 0.2) is 0 Å². The van der Waals surface area contributed by atoms with Gasteiger partial charge < -0.3 is 4.74 Å². The van der Waals surface area contributed by atoms with E-state index in [0.29, 0.717) is 6.42 Å². The predicted molar refractivity (Wildman–Crippen MR) is 58.4 cm³/mol. The molecular formula is C13H15FO2. The third-order valence-corrected chi connectivity index (χ3v) is 3.36. The average Bonchev–Trinajstić information content (AvgIpc) is 2.22. The molecular weight excluding hydrogens is 207 g/mol. The number of carbonyl (C=O) groups excluding carboxylic acids is 1. The van der Waals surface area contributed by atoms with Crippen molar-refractivity contribution in [1.82, 2.24) is 0 Å². The minimum Gasteiger partial charge on any atom is -0.469 e. The Morgan fingerprint density at radius 1 is 1.50 bits per heavy atom. The van der Waals surface area contributed by atoms with E-state index in [4.69, 9.17) is 4.74 Å². The third kappa shape index (κ3) is 1.94. The van der Waals surface area contributed by atoms with Crippen molar-refractivity contribution in [3.8, 4) is 0 Å². The highest BCUT2D eigenvalue weighted by Crippen LogP contribution is 2.44. The minimum atomic E-state index is -0.400. The number of hydrogen-bond acceptors (Lipinski definition) is 2. The van der Waals surface area contributed by atoms with Gasteiger partial charge in [-0.3, -0.25) is 4.79 Å². The van der Waals surface area contributed by atoms with E-state index in [1.807, 2.05) is 6.07 Å². The Morgan fingerprint density at radius 2 is 2.25 bits per heavy atom. The molecule has 1 saturated carbocycles. The summed E-state index contributed by atoms with van der Waals surface area (Å²) in [5.41, 5.74) is 0.466. The monoisotopic (exact) mass is 222 g/mol. The van der Waals surface area contributed by atoms with Crippen molar-refractivity contribution in [1.29, 1.82) is 0 Å². The first-order valence-corrected chi connectivity index (χ1v) is 5.49. The van der Waals surface area contributed by atoms with Gasteiger partial charge in [0.25, 0.3) is 0 Å². The van der Waals surface area contributed by atoms with E-state index in [2.05, 4.69) is 0 Å². The van der Waals surface area contributed by atoms with Gasteiger partial charge in [-0.05, 0) is 37.0 Å². The van der Waals surface area contributed by atoms with Gasteiger partial charge in [-0.2, -0.15) is 0 Å². The summed E-state index contributed by atoms with van der Waals surface area (Å²) in [5, 5.41) is 0. The lowest BCUT2D eigenvalue weighted by atomic mass is 9.65. The zero-order valence-electron chi connectivity index (χ0n) is 9.33. The number of carbonyl (C=O) groups is 1. The molecule has 0 aromatic heterocycles. The first-order chi connectivity index (χ1) is 7.66. The summed E-state index contributed by atoms with van der Waals surface area (Å²) in [6, 6.07) is 6.43. The quantitative estimate of drug-likeness (QED) is 0.735. The number of benzene rings is 1. The summed E-state index contributed by atoms with van der Waals surface area (Å²) in [6.45, 7) is 0. The molecule has 0 heterocycles. The lowest BCUT2D eigenvalue weighted by molar-refractivity contribution is -0.158. The topological polar surface area (TPSA) is 26.3 Å². The molecule has 1 aromatic carbocycles. The number of hydrogen-bond donors (Lipinski definition) is 0. The molecule has 1 aliphatic rings. The Morgan fingerprint density at radius 3 is 2.75 bits per heavy atom. The zero-order chi connectivity index (χ0) is 11.6. The number of ether oxygens (including phenoxy) is 1. The molecule has 0 saturated heterocycles. The molecule has 0 aliphatic heterocycles. The van der Waals surface area contributed by atoms with Crippen molar-refractivity contribution in [3.63, 3.8) is 0 Å². The third-order valence-electron chi connectivity index (χ3n) is 3.36. The van der Waals surface area contributed by atoms with Crippen LogP contribution >= 0.6 is 0 Å². The van der Waals surface area contributed by atoms with Crippen molar-refractivity contribution in [2.75, 3.05) is 7.11 Å². The first kappa shape index (κ1) is 11.1. The van der Waals surface area contributed by atoms with Gasteiger partial charge in [0.2, 0.25) is 0 Å². The van der Waals surface area contributed by atoms with Crippen LogP contribution in [0.2, 0.25) is 0 Å². The van der Waals surface area contributed by atoms with Crippen LogP contribution in [-0.4, -0.2) is 13.1 Å². The Kier molecular flexibility index (Phi) is 2.95. The van der Waals surface area contributed by atoms with E-state index in [1.54, 1.807) is 6.07 Å². The van der Waals surface area contributed by atoms with Crippen LogP contribution in [0, 0.1) is 11.2 Å². The second-order valence-electron chi connectivity index (χ2n) is 4.43. The summed E-state index contributed by atoms with van der Waals surface area (Å²) in [7, 11) is 1.41. The maximum absolute atomic E-state index is 13.0. The van der Waals surface area contributed by atoms with Crippen molar-refractivity contribution < 1.29 is 13.9 Å². The second-order valence-corrected chi connectivity index (χ2v) is 4.43. The van der Waals surface area contributed by atoms with Crippen molar-refractivity contribution >= 4 is 5.97 Å². The highest BCUT2D eigenvalue weighted by atomic mass is 19.1. The molecule has 16 heavy (non-hydrogen) atoms. The molecule has 0 radical (unpaired) electrons. The number of rotatable bonds is 3. The maximum Gasteiger partial charge on any atom is 0.312 e. The highest BCUT2D eigenvalue weighted by molar-refractivity contribution is 5.78. The molecule has 0 bridgehead atoms. The van der Waals surface area contributed by atoms with Crippen LogP contribution in [0.3, 0.4) is 0 Å². The summed E-state index contributed by atoms with van der Waals surface area (Å²) in [6.07, 6.45) is 3.31. The highest BCUT2D eigenvalue weighted by Gasteiger charge is 2.45. The molecule has 0 amide bonds. The number of halogens is 1. The predicted octanol–water partition coefficient (Wildman–Crippen LogP) is 2.71. The van der Waals surface area contributed by atoms with Crippen molar-refractivity contribution in [2.24, 2.45) is 5.41 Å². The molecule has 3 heteroatoms. The van der Waals surface area contributed by atoms with Gasteiger partial charge in [-0.25, -0.2) is 4.39 Å². The Hall–Kier alpha value is -1.38. The summed E-state index contributed by atoms with van der Waals surface area (Å²) >= 11 is 0. The number of esters is 1. The Bertz CT molecular complexity index is 397. The molecule has 86 valence electrons. The fourth-order valence-electron chi connectivity index (χ4n) is 2.31. The van der Waals surface area contributed by atoms with Crippen LogP contribution in [-0.2, 0) is 16.0 Å². The molecule has 2 rings (SSSR count). The van der Waals surface area contributed by atoms with E-state index in [0.717, 1.165) is 24.8 Å². The largest absolute Gasteiger partial charge is 0.469 e. The smallest absolute Gasteiger partial charge is 0.312 e. The van der Waals surface area contributed by atoms with Gasteiger partial charge in [0.1, 0.15) is 5.82 Å². The van der Waals surface area contributed by atoms with Crippen LogP contribution in [0.5, 0.6) is 0 Å². The van der Waals surface area contributed by atoms with Crippen LogP contribution in [0.1, 0.15) is 24.8 Å². The van der Waals surface area contributed by atoms with Gasteiger partial charge in [0, 0.05) is 0 Å². The summed E-state index contributed by atoms with van der Waals surface area (Å²) in [5.74, 6) is -0.417. The molecule has 2 nitrogen and oxygen atoms in total. The maximum atomic E-state index is 13.0. The molecule has 1 fully saturated rings. The van der Waals surface area contributed by atoms with Gasteiger partial charge >= 0.3 is 5.97 Å². The van der Waals surface area contributed by atoms with Crippen LogP contribution in [0.4, 0.5) is 4.39 Å². The molecule has 0 unspecified atom stereocenters. The molecule has 0 spiro atoms. The first-order valence-electron chi connectivity index (χ1n) is 5.49. The van der Waals surface area contributed by atoms with Crippen LogP contribution in [0.15, 0.2) is 24.3 Å². The molecule has 0 N–H and O–H groups in total. The number of methoxy groups -OCH3 is 1. The fraction of sp³-hybridized carbons (Fsp3) is 0.462. The molecule has 0 atom stereocenters. The van der Waals surface area contributed by atoms with Gasteiger partial charge in [-0.15, -0.1) is 0 Å². The normalized spacial score (nSPS) is 17.6. The molecule has 1 aliphatic carbocycles. The van der Waals surface area contributed by atoms with E-state index in [1.165, 1.54) is 19.2 Å². The van der Waals surface area contributed by atoms with E-state index >= 15 is 0 Å². The average molecular weight is 222 g/mol. The summed E-state index contributed by atoms with van der Waals surface area (Å²) in [4.78, 5) is 11.7. The fourth-order valence-corrected chi connectivity index (χ4v) is 2.31. The summed E-state index contributed by atoms with van der Waals surface area (Å²) < 4.78 is 17.9. The van der Waals surface area contributed by atoms with Crippen molar-refractivity contribution in [3.05, 3.63) is 35.6 Å². The Balaban J connectivity index is 2.16. The van der Waals surface area contributed by atoms with Gasteiger partial charge in [0.05, 0.1) is 12.5 Å². The van der Waals surface area contributed by atoms with Crippen LogP contribution in [0.25, 0.3) is 0 Å². The van der Waals surface area contributed by atoms with E-state index < -0.39 is 5.41 Å². The van der Waals surface area contributed by atoms with Gasteiger partial charge in [-0.1, -0.05) is 18.6 Å². The van der Waals surface area contributed by atoms with E-state index in [9.17, 15) is 9.18 Å². The zero-order valence-corrected chi connectivity index (χ0v) is 9.33. The lowest BCUT2D eigenvalue weighted by Crippen LogP contribution is -2.40.